The quantitative estimate of drug-likeness (QED) is 0.480. The molecule has 4 saturated carbocycles. The highest BCUT2D eigenvalue weighted by atomic mass is 79.9. The van der Waals surface area contributed by atoms with Crippen molar-refractivity contribution in [1.82, 2.24) is 0 Å². The molecular weight excluding hydrogens is 375 g/mol. The molecule has 4 bridgehead atoms. The molecule has 0 spiro atoms. The van der Waals surface area contributed by atoms with Crippen LogP contribution in [0, 0.1) is 23.2 Å². The Morgan fingerprint density at radius 2 is 1.70 bits per heavy atom. The molecule has 0 N–H and O–H groups in total. The van der Waals surface area contributed by atoms with E-state index in [-0.39, 0.29) is 0 Å². The summed E-state index contributed by atoms with van der Waals surface area (Å²) in [7, 11) is 0. The first-order chi connectivity index (χ1) is 9.53. The Morgan fingerprint density at radius 3 is 2.15 bits per heavy atom. The van der Waals surface area contributed by atoms with Crippen molar-refractivity contribution in [3.05, 3.63) is 20.3 Å². The third kappa shape index (κ3) is 2.49. The van der Waals surface area contributed by atoms with E-state index in [1.165, 1.54) is 61.8 Å². The Kier molecular flexibility index (Phi) is 3.69. The first kappa shape index (κ1) is 14.4. The Balaban J connectivity index is 1.55. The van der Waals surface area contributed by atoms with Gasteiger partial charge in [0.15, 0.2) is 0 Å². The van der Waals surface area contributed by atoms with Crippen LogP contribution in [0.25, 0.3) is 0 Å². The minimum atomic E-state index is 0.370. The van der Waals surface area contributed by atoms with Crippen molar-refractivity contribution in [3.63, 3.8) is 0 Å². The topological polar surface area (TPSA) is 0 Å². The second-order valence-corrected chi connectivity index (χ2v) is 10.8. The lowest BCUT2D eigenvalue weighted by atomic mass is 9.48. The van der Waals surface area contributed by atoms with Crippen LogP contribution >= 0.6 is 50.5 Å². The van der Waals surface area contributed by atoms with Crippen LogP contribution in [0.5, 0.6) is 0 Å². The molecule has 4 fully saturated rings. The molecule has 0 saturated heterocycles. The largest absolute Gasteiger partial charge is 0.111 e. The van der Waals surface area contributed by atoms with Crippen molar-refractivity contribution < 1.29 is 0 Å². The second kappa shape index (κ2) is 5.15. The number of thiophene rings is 1. The van der Waals surface area contributed by atoms with Crippen molar-refractivity contribution >= 4 is 50.5 Å². The fourth-order valence-electron chi connectivity index (χ4n) is 5.60. The third-order valence-electron chi connectivity index (χ3n) is 5.80. The SMILES string of the molecule is Clc1cc(C(Br)CC23CC4CC(CC(C4)C2)C3)c(Cl)s1. The van der Waals surface area contributed by atoms with E-state index in [1.807, 2.05) is 0 Å². The summed E-state index contributed by atoms with van der Waals surface area (Å²) in [6.45, 7) is 0. The van der Waals surface area contributed by atoms with Crippen LogP contribution in [0.15, 0.2) is 6.07 Å². The van der Waals surface area contributed by atoms with E-state index in [9.17, 15) is 0 Å². The molecule has 20 heavy (non-hydrogen) atoms. The van der Waals surface area contributed by atoms with Gasteiger partial charge in [-0.1, -0.05) is 39.1 Å². The molecular formula is C16H19BrCl2S. The standard InChI is InChI=1S/C16H19BrCl2S/c17-13(12-4-14(18)20-15(12)19)8-16-5-9-1-10(6-16)3-11(2-9)7-16/h4,9-11,13H,1-3,5-8H2. The lowest BCUT2D eigenvalue weighted by Crippen LogP contribution is -2.46. The number of alkyl halides is 1. The van der Waals surface area contributed by atoms with Gasteiger partial charge >= 0.3 is 0 Å². The summed E-state index contributed by atoms with van der Waals surface area (Å²) in [5.41, 5.74) is 1.79. The van der Waals surface area contributed by atoms with Crippen LogP contribution in [0.3, 0.4) is 0 Å². The zero-order valence-electron chi connectivity index (χ0n) is 11.4. The maximum atomic E-state index is 6.33. The van der Waals surface area contributed by atoms with Crippen LogP contribution in [-0.4, -0.2) is 0 Å². The van der Waals surface area contributed by atoms with E-state index in [0.29, 0.717) is 10.2 Å². The third-order valence-corrected chi connectivity index (χ3v) is 8.13. The fraction of sp³-hybridized carbons (Fsp3) is 0.750. The number of hydrogen-bond acceptors (Lipinski definition) is 1. The summed E-state index contributed by atoms with van der Waals surface area (Å²) in [6.07, 6.45) is 10.1. The van der Waals surface area contributed by atoms with Crippen molar-refractivity contribution in [2.45, 2.75) is 49.8 Å². The monoisotopic (exact) mass is 392 g/mol. The summed E-state index contributed by atoms with van der Waals surface area (Å²) in [6, 6.07) is 2.05. The van der Waals surface area contributed by atoms with Gasteiger partial charge in [-0.25, -0.2) is 0 Å². The van der Waals surface area contributed by atoms with Crippen molar-refractivity contribution in [2.24, 2.45) is 23.2 Å². The average Bonchev–Trinajstić information content (AvgIpc) is 2.66. The molecule has 4 aliphatic rings. The van der Waals surface area contributed by atoms with Crippen molar-refractivity contribution in [2.75, 3.05) is 0 Å². The predicted octanol–water partition coefficient (Wildman–Crippen LogP) is 7.10. The second-order valence-electron chi connectivity index (χ2n) is 7.37. The maximum Gasteiger partial charge on any atom is 0.0987 e. The molecule has 0 radical (unpaired) electrons. The van der Waals surface area contributed by atoms with E-state index in [4.69, 9.17) is 23.2 Å². The molecule has 0 amide bonds. The normalized spacial score (nSPS) is 40.2. The van der Waals surface area contributed by atoms with Crippen LogP contribution in [0.4, 0.5) is 0 Å². The fourth-order valence-corrected chi connectivity index (χ4v) is 8.51. The molecule has 5 rings (SSSR count). The molecule has 4 heteroatoms. The van der Waals surface area contributed by atoms with Gasteiger partial charge in [0.25, 0.3) is 0 Å². The Labute approximate surface area is 143 Å². The molecule has 0 aromatic carbocycles. The number of hydrogen-bond donors (Lipinski definition) is 0. The Morgan fingerprint density at radius 1 is 1.15 bits per heavy atom. The summed E-state index contributed by atoms with van der Waals surface area (Å²) < 4.78 is 1.67. The van der Waals surface area contributed by atoms with Gasteiger partial charge in [0.05, 0.1) is 8.67 Å². The minimum absolute atomic E-state index is 0.370. The first-order valence-corrected chi connectivity index (χ1v) is 10.1. The van der Waals surface area contributed by atoms with Gasteiger partial charge in [-0.05, 0) is 79.7 Å². The summed E-state index contributed by atoms with van der Waals surface area (Å²) in [4.78, 5) is 0.370. The molecule has 4 aliphatic carbocycles. The molecule has 1 atom stereocenters. The van der Waals surface area contributed by atoms with Gasteiger partial charge in [0.1, 0.15) is 0 Å². The van der Waals surface area contributed by atoms with E-state index >= 15 is 0 Å². The van der Waals surface area contributed by atoms with Gasteiger partial charge < -0.3 is 0 Å². The lowest BCUT2D eigenvalue weighted by Gasteiger charge is -2.57. The highest BCUT2D eigenvalue weighted by Gasteiger charge is 2.51. The predicted molar refractivity (Wildman–Crippen MR) is 91.2 cm³/mol. The zero-order chi connectivity index (χ0) is 13.9. The minimum Gasteiger partial charge on any atom is -0.111 e. The van der Waals surface area contributed by atoms with Crippen molar-refractivity contribution in [1.29, 1.82) is 0 Å². The first-order valence-electron chi connectivity index (χ1n) is 7.62. The lowest BCUT2D eigenvalue weighted by molar-refractivity contribution is -0.0571. The molecule has 1 unspecified atom stereocenters. The van der Waals surface area contributed by atoms with E-state index in [0.717, 1.165) is 26.4 Å². The van der Waals surface area contributed by atoms with Crippen molar-refractivity contribution in [3.8, 4) is 0 Å². The van der Waals surface area contributed by atoms with E-state index in [1.54, 1.807) is 0 Å². The zero-order valence-corrected chi connectivity index (χ0v) is 15.3. The molecule has 1 heterocycles. The summed E-state index contributed by atoms with van der Waals surface area (Å²) in [5, 5.41) is 0. The van der Waals surface area contributed by atoms with Gasteiger partial charge in [-0.15, -0.1) is 11.3 Å². The molecule has 0 aliphatic heterocycles. The molecule has 1 aromatic heterocycles. The van der Waals surface area contributed by atoms with E-state index < -0.39 is 0 Å². The van der Waals surface area contributed by atoms with Gasteiger partial charge in [0.2, 0.25) is 0 Å². The average molecular weight is 394 g/mol. The Hall–Kier alpha value is 0.760. The molecule has 0 nitrogen and oxygen atoms in total. The molecule has 110 valence electrons. The van der Waals surface area contributed by atoms with Crippen LogP contribution in [0.1, 0.15) is 55.3 Å². The number of halogens is 3. The smallest absolute Gasteiger partial charge is 0.0987 e. The van der Waals surface area contributed by atoms with Crippen LogP contribution in [-0.2, 0) is 0 Å². The number of rotatable bonds is 3. The summed E-state index contributed by atoms with van der Waals surface area (Å²) in [5.74, 6) is 3.05. The van der Waals surface area contributed by atoms with Gasteiger partial charge in [0, 0.05) is 4.83 Å². The highest BCUT2D eigenvalue weighted by Crippen LogP contribution is 2.63. The van der Waals surface area contributed by atoms with Crippen LogP contribution < -0.4 is 0 Å². The van der Waals surface area contributed by atoms with Gasteiger partial charge in [-0.3, -0.25) is 0 Å². The van der Waals surface area contributed by atoms with Crippen LogP contribution in [0.2, 0.25) is 8.67 Å². The highest BCUT2D eigenvalue weighted by molar-refractivity contribution is 9.09. The van der Waals surface area contributed by atoms with Gasteiger partial charge in [-0.2, -0.15) is 0 Å². The van der Waals surface area contributed by atoms with E-state index in [2.05, 4.69) is 22.0 Å². The maximum absolute atomic E-state index is 6.33. The molecule has 1 aromatic rings. The summed E-state index contributed by atoms with van der Waals surface area (Å²) >= 11 is 17.8. The Bertz CT molecular complexity index is 489.